The Balaban J connectivity index is 2.04. The molecule has 1 atom stereocenters. The van der Waals surface area contributed by atoms with Gasteiger partial charge in [-0.25, -0.2) is 8.42 Å². The van der Waals surface area contributed by atoms with Crippen LogP contribution in [0.25, 0.3) is 0 Å². The molecule has 1 radical (unpaired) electrons. The van der Waals surface area contributed by atoms with E-state index >= 15 is 0 Å². The summed E-state index contributed by atoms with van der Waals surface area (Å²) in [5.41, 5.74) is 0. The molecule has 143 valence electrons. The summed E-state index contributed by atoms with van der Waals surface area (Å²) in [6.07, 6.45) is 3.08. The summed E-state index contributed by atoms with van der Waals surface area (Å²) in [4.78, 5) is 24.5. The van der Waals surface area contributed by atoms with Crippen molar-refractivity contribution in [2.75, 3.05) is 13.1 Å². The fraction of sp³-hybridized carbons (Fsp3) is 0.500. The van der Waals surface area contributed by atoms with Crippen LogP contribution in [0.5, 0.6) is 0 Å². The molecule has 1 unspecified atom stereocenters. The van der Waals surface area contributed by atoms with Gasteiger partial charge in [-0.3, -0.25) is 9.59 Å². The van der Waals surface area contributed by atoms with Gasteiger partial charge >= 0.3 is 0 Å². The van der Waals surface area contributed by atoms with Gasteiger partial charge in [0.05, 0.1) is 17.5 Å². The number of ketones is 1. The standard InChI is InChI=1S/C18H24ClN2O4S/c1-13(2)5-10-18(23)20-16-4-3-11-21(12-17(16)22)26(24,25)15-8-6-14(19)7-9-15/h6-10,13,16H,3-5,11-12H2,1-2H3,(H,20,23). The van der Waals surface area contributed by atoms with E-state index in [2.05, 4.69) is 5.32 Å². The van der Waals surface area contributed by atoms with Crippen molar-refractivity contribution in [3.63, 3.8) is 0 Å². The third-order valence-electron chi connectivity index (χ3n) is 4.16. The van der Waals surface area contributed by atoms with Crippen LogP contribution in [0.3, 0.4) is 0 Å². The second-order valence-electron chi connectivity index (χ2n) is 6.80. The monoisotopic (exact) mass is 399 g/mol. The number of sulfonamides is 1. The molecule has 0 spiro atoms. The molecule has 1 aromatic rings. The molecule has 1 saturated heterocycles. The maximum absolute atomic E-state index is 12.7. The van der Waals surface area contributed by atoms with Crippen LogP contribution < -0.4 is 5.32 Å². The second kappa shape index (κ2) is 8.97. The first-order valence-electron chi connectivity index (χ1n) is 8.62. The Morgan fingerprint density at radius 2 is 2.00 bits per heavy atom. The van der Waals surface area contributed by atoms with E-state index in [-0.39, 0.29) is 29.7 Å². The normalized spacial score (nSPS) is 19.4. The Bertz CT molecular complexity index is 747. The molecule has 2 rings (SSSR count). The van der Waals surface area contributed by atoms with Crippen molar-refractivity contribution in [2.24, 2.45) is 5.92 Å². The van der Waals surface area contributed by atoms with Gasteiger partial charge in [0, 0.05) is 18.0 Å². The largest absolute Gasteiger partial charge is 0.346 e. The predicted octanol–water partition coefficient (Wildman–Crippen LogP) is 2.43. The molecule has 1 amide bonds. The third kappa shape index (κ3) is 5.53. The molecule has 1 N–H and O–H groups in total. The lowest BCUT2D eigenvalue weighted by Crippen LogP contribution is -2.44. The zero-order valence-corrected chi connectivity index (χ0v) is 16.5. The molecule has 0 aromatic heterocycles. The number of halogens is 1. The van der Waals surface area contributed by atoms with Crippen LogP contribution in [0, 0.1) is 12.3 Å². The van der Waals surface area contributed by atoms with Crippen molar-refractivity contribution in [1.29, 1.82) is 0 Å². The highest BCUT2D eigenvalue weighted by molar-refractivity contribution is 7.89. The number of nitrogens with one attached hydrogen (secondary N) is 1. The Labute approximate surface area is 160 Å². The Morgan fingerprint density at radius 3 is 2.62 bits per heavy atom. The summed E-state index contributed by atoms with van der Waals surface area (Å²) < 4.78 is 26.6. The van der Waals surface area contributed by atoms with Crippen LogP contribution in [0.4, 0.5) is 0 Å². The Kier molecular flexibility index (Phi) is 7.20. The molecule has 0 aliphatic carbocycles. The maximum Gasteiger partial charge on any atom is 0.243 e. The molecule has 6 nitrogen and oxygen atoms in total. The average molecular weight is 400 g/mol. The summed E-state index contributed by atoms with van der Waals surface area (Å²) in [6.45, 7) is 3.99. The number of Topliss-reactive ketones (excluding diaryl/α,β-unsaturated/α-hetero) is 1. The minimum atomic E-state index is -3.78. The van der Waals surface area contributed by atoms with Crippen LogP contribution in [0.1, 0.15) is 33.1 Å². The lowest BCUT2D eigenvalue weighted by atomic mass is 10.1. The number of rotatable bonds is 6. The van der Waals surface area contributed by atoms with Crippen molar-refractivity contribution in [2.45, 2.75) is 44.0 Å². The van der Waals surface area contributed by atoms with Crippen LogP contribution >= 0.6 is 11.6 Å². The molecule has 8 heteroatoms. The van der Waals surface area contributed by atoms with Crippen LogP contribution in [-0.2, 0) is 19.6 Å². The van der Waals surface area contributed by atoms with E-state index in [0.717, 1.165) is 0 Å². The predicted molar refractivity (Wildman–Crippen MR) is 100 cm³/mol. The van der Waals surface area contributed by atoms with E-state index in [1.54, 1.807) is 0 Å². The first-order valence-corrected chi connectivity index (χ1v) is 10.4. The minimum absolute atomic E-state index is 0.0995. The fourth-order valence-corrected chi connectivity index (χ4v) is 4.25. The third-order valence-corrected chi connectivity index (χ3v) is 6.28. The number of hydrogen-bond donors (Lipinski definition) is 1. The maximum atomic E-state index is 12.7. The molecular formula is C18H24ClN2O4S. The second-order valence-corrected chi connectivity index (χ2v) is 9.17. The quantitative estimate of drug-likeness (QED) is 0.796. The van der Waals surface area contributed by atoms with Gasteiger partial charge in [0.25, 0.3) is 0 Å². The van der Waals surface area contributed by atoms with Crippen molar-refractivity contribution in [3.05, 3.63) is 35.7 Å². The number of carbonyl (C=O) groups excluding carboxylic acids is 2. The number of nitrogens with zero attached hydrogens (tertiary/aromatic N) is 1. The lowest BCUT2D eigenvalue weighted by molar-refractivity contribution is -0.126. The highest BCUT2D eigenvalue weighted by Crippen LogP contribution is 2.21. The first kappa shape index (κ1) is 20.9. The van der Waals surface area contributed by atoms with Gasteiger partial charge in [-0.05, 0) is 49.4 Å². The van der Waals surface area contributed by atoms with Crippen LogP contribution in [-0.4, -0.2) is 43.5 Å². The summed E-state index contributed by atoms with van der Waals surface area (Å²) in [7, 11) is -3.78. The average Bonchev–Trinajstić information content (AvgIpc) is 2.76. The van der Waals surface area contributed by atoms with E-state index in [4.69, 9.17) is 11.6 Å². The lowest BCUT2D eigenvalue weighted by Gasteiger charge is -2.20. The molecule has 26 heavy (non-hydrogen) atoms. The Hall–Kier alpha value is -1.44. The van der Waals surface area contributed by atoms with Gasteiger partial charge in [0.1, 0.15) is 0 Å². The van der Waals surface area contributed by atoms with Crippen molar-refractivity contribution < 1.29 is 18.0 Å². The highest BCUT2D eigenvalue weighted by atomic mass is 35.5. The first-order chi connectivity index (χ1) is 12.2. The summed E-state index contributed by atoms with van der Waals surface area (Å²) in [6, 6.07) is 5.19. The SMILES string of the molecule is CC(C)C[CH]C(=O)NC1CCCN(S(=O)(=O)c2ccc(Cl)cc2)CC1=O. The summed E-state index contributed by atoms with van der Waals surface area (Å²) >= 11 is 5.80. The molecule has 1 aliphatic rings. The number of amides is 1. The van der Waals surface area contributed by atoms with Gasteiger partial charge < -0.3 is 5.32 Å². The number of carbonyl (C=O) groups is 2. The molecule has 0 bridgehead atoms. The van der Waals surface area contributed by atoms with Gasteiger partial charge in [-0.2, -0.15) is 4.31 Å². The van der Waals surface area contributed by atoms with Crippen molar-refractivity contribution >= 4 is 33.3 Å². The minimum Gasteiger partial charge on any atom is -0.346 e. The molecule has 1 fully saturated rings. The highest BCUT2D eigenvalue weighted by Gasteiger charge is 2.32. The molecule has 1 heterocycles. The van der Waals surface area contributed by atoms with E-state index in [0.29, 0.717) is 30.2 Å². The molecule has 1 aliphatic heterocycles. The van der Waals surface area contributed by atoms with Gasteiger partial charge in [0.2, 0.25) is 15.9 Å². The topological polar surface area (TPSA) is 83.6 Å². The van der Waals surface area contributed by atoms with Gasteiger partial charge in [0.15, 0.2) is 5.78 Å². The van der Waals surface area contributed by atoms with E-state index in [1.807, 2.05) is 13.8 Å². The molecule has 1 aromatic carbocycles. The fourth-order valence-electron chi connectivity index (χ4n) is 2.68. The van der Waals surface area contributed by atoms with Gasteiger partial charge in [-0.15, -0.1) is 0 Å². The van der Waals surface area contributed by atoms with Crippen molar-refractivity contribution in [1.82, 2.24) is 9.62 Å². The van der Waals surface area contributed by atoms with E-state index < -0.39 is 16.1 Å². The number of hydrogen-bond acceptors (Lipinski definition) is 4. The Morgan fingerprint density at radius 1 is 1.35 bits per heavy atom. The molecule has 0 saturated carbocycles. The smallest absolute Gasteiger partial charge is 0.243 e. The van der Waals surface area contributed by atoms with E-state index in [9.17, 15) is 18.0 Å². The van der Waals surface area contributed by atoms with Crippen LogP contribution in [0.2, 0.25) is 5.02 Å². The molecular weight excluding hydrogens is 376 g/mol. The van der Waals surface area contributed by atoms with Gasteiger partial charge in [-0.1, -0.05) is 25.4 Å². The summed E-state index contributed by atoms with van der Waals surface area (Å²) in [5.74, 6) is -0.233. The van der Waals surface area contributed by atoms with Crippen LogP contribution in [0.15, 0.2) is 29.2 Å². The number of benzene rings is 1. The summed E-state index contributed by atoms with van der Waals surface area (Å²) in [5, 5.41) is 3.14. The van der Waals surface area contributed by atoms with Crippen molar-refractivity contribution in [3.8, 4) is 0 Å². The zero-order valence-electron chi connectivity index (χ0n) is 14.9. The van der Waals surface area contributed by atoms with E-state index in [1.165, 1.54) is 35.0 Å². The zero-order chi connectivity index (χ0) is 19.3.